The van der Waals surface area contributed by atoms with Crippen molar-refractivity contribution in [3.05, 3.63) is 35.9 Å². The first kappa shape index (κ1) is 15.0. The van der Waals surface area contributed by atoms with Crippen LogP contribution in [-0.4, -0.2) is 25.1 Å². The number of ether oxygens (including phenoxy) is 1. The summed E-state index contributed by atoms with van der Waals surface area (Å²) in [5, 5.41) is 3.12. The average molecular weight is 276 g/mol. The highest BCUT2D eigenvalue weighted by Gasteiger charge is 2.30. The molecule has 0 aliphatic heterocycles. The Morgan fingerprint density at radius 3 is 2.80 bits per heavy atom. The van der Waals surface area contributed by atoms with Crippen molar-refractivity contribution in [1.29, 1.82) is 0 Å². The molecule has 1 aliphatic carbocycles. The number of carbonyl (C=O) groups excluding carboxylic acids is 1. The van der Waals surface area contributed by atoms with Crippen LogP contribution in [0, 0.1) is 5.92 Å². The van der Waals surface area contributed by atoms with E-state index in [4.69, 9.17) is 10.5 Å². The van der Waals surface area contributed by atoms with Crippen LogP contribution in [0.1, 0.15) is 37.9 Å². The van der Waals surface area contributed by atoms with Gasteiger partial charge in [-0.1, -0.05) is 36.8 Å². The van der Waals surface area contributed by atoms with E-state index in [1.165, 1.54) is 0 Å². The van der Waals surface area contributed by atoms with Crippen molar-refractivity contribution >= 4 is 5.91 Å². The molecule has 0 aromatic heterocycles. The minimum Gasteiger partial charge on any atom is -0.364 e. The molecule has 110 valence electrons. The fraction of sp³-hybridized carbons (Fsp3) is 0.562. The molecule has 3 atom stereocenters. The second-order valence-electron chi connectivity index (χ2n) is 5.29. The number of nitrogens with two attached hydrogens (primary N) is 1. The Hall–Kier alpha value is -1.39. The van der Waals surface area contributed by atoms with Crippen LogP contribution in [0.4, 0.5) is 0 Å². The summed E-state index contributed by atoms with van der Waals surface area (Å²) < 4.78 is 5.63. The van der Waals surface area contributed by atoms with Crippen LogP contribution >= 0.6 is 0 Å². The van der Waals surface area contributed by atoms with E-state index in [9.17, 15) is 4.79 Å². The quantitative estimate of drug-likeness (QED) is 0.835. The van der Waals surface area contributed by atoms with Gasteiger partial charge in [-0.15, -0.1) is 0 Å². The molecule has 1 aromatic rings. The molecule has 1 aromatic carbocycles. The van der Waals surface area contributed by atoms with E-state index in [-0.39, 0.29) is 11.9 Å². The molecule has 0 bridgehead atoms. The normalized spacial score (nSPS) is 23.5. The highest BCUT2D eigenvalue weighted by molar-refractivity contribution is 5.82. The number of amides is 1. The predicted molar refractivity (Wildman–Crippen MR) is 79.1 cm³/mol. The molecule has 1 amide bonds. The van der Waals surface area contributed by atoms with E-state index in [2.05, 4.69) is 5.32 Å². The molecular weight excluding hydrogens is 252 g/mol. The van der Waals surface area contributed by atoms with E-state index in [1.54, 1.807) is 0 Å². The first-order valence-corrected chi connectivity index (χ1v) is 7.43. The van der Waals surface area contributed by atoms with Crippen molar-refractivity contribution in [2.75, 3.05) is 13.2 Å². The maximum Gasteiger partial charge on any atom is 0.253 e. The summed E-state index contributed by atoms with van der Waals surface area (Å²) in [5.41, 5.74) is 6.66. The molecule has 3 N–H and O–H groups in total. The van der Waals surface area contributed by atoms with Gasteiger partial charge >= 0.3 is 0 Å². The Morgan fingerprint density at radius 1 is 1.40 bits per heavy atom. The van der Waals surface area contributed by atoms with Crippen LogP contribution in [0.15, 0.2) is 30.3 Å². The number of hydrogen-bond donors (Lipinski definition) is 2. The van der Waals surface area contributed by atoms with Crippen molar-refractivity contribution in [2.45, 2.75) is 38.3 Å². The lowest BCUT2D eigenvalue weighted by atomic mass is 10.0. The van der Waals surface area contributed by atoms with Gasteiger partial charge < -0.3 is 15.8 Å². The molecule has 2 rings (SSSR count). The van der Waals surface area contributed by atoms with Crippen molar-refractivity contribution < 1.29 is 9.53 Å². The molecule has 0 spiro atoms. The third kappa shape index (κ3) is 3.58. The number of hydrogen-bond acceptors (Lipinski definition) is 3. The standard InChI is InChI=1S/C16H24N2O2/c1-2-20-15(12-7-4-3-5-8-12)16(19)18-14-10-6-9-13(14)11-17/h3-5,7-8,13-15H,2,6,9-11,17H2,1H3,(H,18,19). The molecule has 4 nitrogen and oxygen atoms in total. The van der Waals surface area contributed by atoms with Gasteiger partial charge in [-0.2, -0.15) is 0 Å². The summed E-state index contributed by atoms with van der Waals surface area (Å²) in [4.78, 5) is 12.5. The minimum absolute atomic E-state index is 0.0524. The van der Waals surface area contributed by atoms with Gasteiger partial charge in [0.2, 0.25) is 0 Å². The average Bonchev–Trinajstić information content (AvgIpc) is 2.92. The second-order valence-corrected chi connectivity index (χ2v) is 5.29. The highest BCUT2D eigenvalue weighted by Crippen LogP contribution is 2.26. The van der Waals surface area contributed by atoms with Gasteiger partial charge in [0.05, 0.1) is 0 Å². The molecule has 0 saturated heterocycles. The fourth-order valence-corrected chi connectivity index (χ4v) is 2.89. The molecule has 0 radical (unpaired) electrons. The first-order valence-electron chi connectivity index (χ1n) is 7.43. The van der Waals surface area contributed by atoms with E-state index < -0.39 is 6.10 Å². The number of carbonyl (C=O) groups is 1. The molecule has 20 heavy (non-hydrogen) atoms. The predicted octanol–water partition coefficient (Wildman–Crippen LogP) is 2.01. The van der Waals surface area contributed by atoms with Gasteiger partial charge in [-0.05, 0) is 37.8 Å². The van der Waals surface area contributed by atoms with Gasteiger partial charge in [0, 0.05) is 12.6 Å². The Balaban J connectivity index is 2.04. The van der Waals surface area contributed by atoms with Crippen molar-refractivity contribution in [1.82, 2.24) is 5.32 Å². The Morgan fingerprint density at radius 2 is 2.15 bits per heavy atom. The molecule has 4 heteroatoms. The van der Waals surface area contributed by atoms with Gasteiger partial charge in [-0.3, -0.25) is 4.79 Å². The Bertz CT molecular complexity index is 422. The van der Waals surface area contributed by atoms with E-state index in [0.717, 1.165) is 24.8 Å². The summed E-state index contributed by atoms with van der Waals surface area (Å²) in [6.07, 6.45) is 2.73. The van der Waals surface area contributed by atoms with Crippen molar-refractivity contribution in [2.24, 2.45) is 11.7 Å². The van der Waals surface area contributed by atoms with Crippen LogP contribution in [0.5, 0.6) is 0 Å². The highest BCUT2D eigenvalue weighted by atomic mass is 16.5. The minimum atomic E-state index is -0.528. The lowest BCUT2D eigenvalue weighted by molar-refractivity contribution is -0.134. The largest absolute Gasteiger partial charge is 0.364 e. The lowest BCUT2D eigenvalue weighted by Crippen LogP contribution is -2.42. The van der Waals surface area contributed by atoms with Crippen LogP contribution < -0.4 is 11.1 Å². The summed E-state index contributed by atoms with van der Waals surface area (Å²) in [7, 11) is 0. The number of rotatable bonds is 6. The van der Waals surface area contributed by atoms with E-state index >= 15 is 0 Å². The molecule has 1 saturated carbocycles. The maximum absolute atomic E-state index is 12.5. The van der Waals surface area contributed by atoms with E-state index in [0.29, 0.717) is 19.1 Å². The van der Waals surface area contributed by atoms with Gasteiger partial charge in [0.1, 0.15) is 0 Å². The topological polar surface area (TPSA) is 64.3 Å². The molecule has 0 heterocycles. The van der Waals surface area contributed by atoms with E-state index in [1.807, 2.05) is 37.3 Å². The monoisotopic (exact) mass is 276 g/mol. The molecule has 3 unspecified atom stereocenters. The van der Waals surface area contributed by atoms with Crippen LogP contribution in [0.2, 0.25) is 0 Å². The van der Waals surface area contributed by atoms with Gasteiger partial charge in [-0.25, -0.2) is 0 Å². The van der Waals surface area contributed by atoms with Crippen LogP contribution in [-0.2, 0) is 9.53 Å². The third-order valence-corrected chi connectivity index (χ3v) is 3.96. The Kier molecular flexibility index (Phi) is 5.56. The molecule has 1 fully saturated rings. The first-order chi connectivity index (χ1) is 9.76. The molecular formula is C16H24N2O2. The zero-order valence-electron chi connectivity index (χ0n) is 12.0. The summed E-state index contributed by atoms with van der Waals surface area (Å²) in [5.74, 6) is 0.348. The van der Waals surface area contributed by atoms with Gasteiger partial charge in [0.25, 0.3) is 5.91 Å². The number of benzene rings is 1. The lowest BCUT2D eigenvalue weighted by Gasteiger charge is -2.23. The van der Waals surface area contributed by atoms with Crippen LogP contribution in [0.25, 0.3) is 0 Å². The zero-order valence-corrected chi connectivity index (χ0v) is 12.0. The summed E-state index contributed by atoms with van der Waals surface area (Å²) >= 11 is 0. The van der Waals surface area contributed by atoms with Crippen molar-refractivity contribution in [3.63, 3.8) is 0 Å². The fourth-order valence-electron chi connectivity index (χ4n) is 2.89. The zero-order chi connectivity index (χ0) is 14.4. The van der Waals surface area contributed by atoms with Crippen molar-refractivity contribution in [3.8, 4) is 0 Å². The van der Waals surface area contributed by atoms with Crippen LogP contribution in [0.3, 0.4) is 0 Å². The SMILES string of the molecule is CCOC(C(=O)NC1CCCC1CN)c1ccccc1. The number of nitrogens with one attached hydrogen (secondary N) is 1. The third-order valence-electron chi connectivity index (χ3n) is 3.96. The summed E-state index contributed by atoms with van der Waals surface area (Å²) in [6, 6.07) is 9.83. The Labute approximate surface area is 120 Å². The summed E-state index contributed by atoms with van der Waals surface area (Å²) in [6.45, 7) is 3.05. The van der Waals surface area contributed by atoms with Gasteiger partial charge in [0.15, 0.2) is 6.10 Å². The molecule has 1 aliphatic rings. The maximum atomic E-state index is 12.5. The smallest absolute Gasteiger partial charge is 0.253 e. The second kappa shape index (κ2) is 7.41.